The van der Waals surface area contributed by atoms with E-state index < -0.39 is 0 Å². The lowest BCUT2D eigenvalue weighted by Gasteiger charge is -2.11. The summed E-state index contributed by atoms with van der Waals surface area (Å²) in [6.45, 7) is 0.566. The molecule has 0 spiro atoms. The van der Waals surface area contributed by atoms with Gasteiger partial charge in [-0.15, -0.1) is 0 Å². The van der Waals surface area contributed by atoms with Crippen LogP contribution in [0, 0.1) is 0 Å². The van der Waals surface area contributed by atoms with Crippen molar-refractivity contribution in [2.45, 2.75) is 16.3 Å². The number of benzene rings is 3. The molecule has 0 saturated carbocycles. The predicted octanol–water partition coefficient (Wildman–Crippen LogP) is 4.96. The topological polar surface area (TPSA) is 26.0 Å². The third-order valence-electron chi connectivity index (χ3n) is 3.38. The lowest BCUT2D eigenvalue weighted by Crippen LogP contribution is -1.97. The van der Waals surface area contributed by atoms with Gasteiger partial charge in [0.15, 0.2) is 0 Å². The molecule has 0 atom stereocenters. The standard InChI is InChI=1S/C19H17NS/c20-14-16-10-4-6-12-18(16)21-19-13-7-5-11-17(19)15-8-2-1-3-9-15/h1-13H,14,20H2. The Morgan fingerprint density at radius 3 is 2.05 bits per heavy atom. The first kappa shape index (κ1) is 13.9. The summed E-state index contributed by atoms with van der Waals surface area (Å²) in [5.41, 5.74) is 9.53. The van der Waals surface area contributed by atoms with Crippen molar-refractivity contribution in [3.05, 3.63) is 84.4 Å². The van der Waals surface area contributed by atoms with Gasteiger partial charge < -0.3 is 5.73 Å². The van der Waals surface area contributed by atoms with Crippen molar-refractivity contribution in [2.24, 2.45) is 5.73 Å². The Balaban J connectivity index is 2.00. The second kappa shape index (κ2) is 6.61. The van der Waals surface area contributed by atoms with Crippen LogP contribution in [-0.2, 0) is 6.54 Å². The first-order chi connectivity index (χ1) is 10.4. The summed E-state index contributed by atoms with van der Waals surface area (Å²) in [4.78, 5) is 2.48. The maximum absolute atomic E-state index is 5.84. The van der Waals surface area contributed by atoms with E-state index in [0.717, 1.165) is 0 Å². The lowest BCUT2D eigenvalue weighted by atomic mass is 10.1. The van der Waals surface area contributed by atoms with Gasteiger partial charge >= 0.3 is 0 Å². The first-order valence-electron chi connectivity index (χ1n) is 6.99. The molecule has 21 heavy (non-hydrogen) atoms. The van der Waals surface area contributed by atoms with Crippen LogP contribution in [0.4, 0.5) is 0 Å². The molecule has 0 unspecified atom stereocenters. The normalized spacial score (nSPS) is 10.5. The summed E-state index contributed by atoms with van der Waals surface area (Å²) < 4.78 is 0. The van der Waals surface area contributed by atoms with Gasteiger partial charge in [-0.3, -0.25) is 0 Å². The highest BCUT2D eigenvalue weighted by Gasteiger charge is 2.08. The van der Waals surface area contributed by atoms with E-state index >= 15 is 0 Å². The van der Waals surface area contributed by atoms with Crippen LogP contribution in [0.25, 0.3) is 11.1 Å². The Kier molecular flexibility index (Phi) is 4.39. The quantitative estimate of drug-likeness (QED) is 0.735. The van der Waals surface area contributed by atoms with Crippen molar-refractivity contribution in [1.29, 1.82) is 0 Å². The zero-order chi connectivity index (χ0) is 14.5. The molecular weight excluding hydrogens is 274 g/mol. The molecule has 0 aliphatic heterocycles. The van der Waals surface area contributed by atoms with Crippen LogP contribution < -0.4 is 5.73 Å². The number of hydrogen-bond acceptors (Lipinski definition) is 2. The zero-order valence-electron chi connectivity index (χ0n) is 11.7. The smallest absolute Gasteiger partial charge is 0.0200 e. The van der Waals surface area contributed by atoms with Gasteiger partial charge in [0.1, 0.15) is 0 Å². The highest BCUT2D eigenvalue weighted by molar-refractivity contribution is 7.99. The molecule has 0 amide bonds. The van der Waals surface area contributed by atoms with Crippen molar-refractivity contribution < 1.29 is 0 Å². The highest BCUT2D eigenvalue weighted by atomic mass is 32.2. The Labute approximate surface area is 129 Å². The minimum atomic E-state index is 0.566. The third-order valence-corrected chi connectivity index (χ3v) is 4.58. The molecule has 0 saturated heterocycles. The summed E-state index contributed by atoms with van der Waals surface area (Å²) in [6, 6.07) is 27.3. The fourth-order valence-corrected chi connectivity index (χ4v) is 3.41. The van der Waals surface area contributed by atoms with Crippen LogP contribution in [-0.4, -0.2) is 0 Å². The predicted molar refractivity (Wildman–Crippen MR) is 90.3 cm³/mol. The van der Waals surface area contributed by atoms with E-state index in [4.69, 9.17) is 5.73 Å². The fourth-order valence-electron chi connectivity index (χ4n) is 2.30. The van der Waals surface area contributed by atoms with Crippen LogP contribution >= 0.6 is 11.8 Å². The van der Waals surface area contributed by atoms with Gasteiger partial charge in [-0.1, -0.05) is 78.5 Å². The van der Waals surface area contributed by atoms with Crippen LogP contribution in [0.5, 0.6) is 0 Å². The number of nitrogens with two attached hydrogens (primary N) is 1. The van der Waals surface area contributed by atoms with E-state index in [2.05, 4.69) is 66.7 Å². The molecule has 3 rings (SSSR count). The van der Waals surface area contributed by atoms with Crippen LogP contribution in [0.1, 0.15) is 5.56 Å². The van der Waals surface area contributed by atoms with Crippen molar-refractivity contribution >= 4 is 11.8 Å². The molecule has 0 bridgehead atoms. The molecule has 0 aliphatic rings. The minimum Gasteiger partial charge on any atom is -0.326 e. The van der Waals surface area contributed by atoms with Gasteiger partial charge in [-0.2, -0.15) is 0 Å². The summed E-state index contributed by atoms with van der Waals surface area (Å²) >= 11 is 1.78. The molecule has 2 N–H and O–H groups in total. The molecule has 2 heteroatoms. The number of rotatable bonds is 4. The SMILES string of the molecule is NCc1ccccc1Sc1ccccc1-c1ccccc1. The molecule has 3 aromatic carbocycles. The van der Waals surface area contributed by atoms with E-state index in [-0.39, 0.29) is 0 Å². The van der Waals surface area contributed by atoms with Crippen LogP contribution in [0.2, 0.25) is 0 Å². The van der Waals surface area contributed by atoms with Crippen LogP contribution in [0.3, 0.4) is 0 Å². The Morgan fingerprint density at radius 2 is 1.29 bits per heavy atom. The van der Waals surface area contributed by atoms with Crippen molar-refractivity contribution in [1.82, 2.24) is 0 Å². The molecule has 0 heterocycles. The molecule has 0 fully saturated rings. The summed E-state index contributed by atoms with van der Waals surface area (Å²) in [5, 5.41) is 0. The summed E-state index contributed by atoms with van der Waals surface area (Å²) in [7, 11) is 0. The average molecular weight is 291 g/mol. The number of hydrogen-bond donors (Lipinski definition) is 1. The second-order valence-electron chi connectivity index (χ2n) is 4.78. The van der Waals surface area contributed by atoms with Gasteiger partial charge in [0.25, 0.3) is 0 Å². The van der Waals surface area contributed by atoms with Crippen molar-refractivity contribution in [3.8, 4) is 11.1 Å². The van der Waals surface area contributed by atoms with Crippen LogP contribution in [0.15, 0.2) is 88.7 Å². The molecule has 3 aromatic rings. The van der Waals surface area contributed by atoms with Crippen molar-refractivity contribution in [2.75, 3.05) is 0 Å². The van der Waals surface area contributed by atoms with E-state index in [1.165, 1.54) is 26.5 Å². The Bertz CT molecular complexity index is 722. The Morgan fingerprint density at radius 1 is 0.667 bits per heavy atom. The Hall–Kier alpha value is -2.03. The van der Waals surface area contributed by atoms with Crippen molar-refractivity contribution in [3.63, 3.8) is 0 Å². The fraction of sp³-hybridized carbons (Fsp3) is 0.0526. The van der Waals surface area contributed by atoms with E-state index in [9.17, 15) is 0 Å². The monoisotopic (exact) mass is 291 g/mol. The summed E-state index contributed by atoms with van der Waals surface area (Å²) in [6.07, 6.45) is 0. The highest BCUT2D eigenvalue weighted by Crippen LogP contribution is 2.37. The minimum absolute atomic E-state index is 0.566. The molecule has 1 nitrogen and oxygen atoms in total. The maximum Gasteiger partial charge on any atom is 0.0200 e. The average Bonchev–Trinajstić information content (AvgIpc) is 2.57. The second-order valence-corrected chi connectivity index (χ2v) is 5.86. The van der Waals surface area contributed by atoms with Gasteiger partial charge in [0, 0.05) is 16.3 Å². The van der Waals surface area contributed by atoms with E-state index in [0.29, 0.717) is 6.54 Å². The van der Waals surface area contributed by atoms with Gasteiger partial charge in [-0.05, 0) is 28.8 Å². The molecular formula is C19H17NS. The van der Waals surface area contributed by atoms with E-state index in [1.54, 1.807) is 11.8 Å². The summed E-state index contributed by atoms with van der Waals surface area (Å²) in [5.74, 6) is 0. The molecule has 0 aromatic heterocycles. The lowest BCUT2D eigenvalue weighted by molar-refractivity contribution is 1.03. The van der Waals surface area contributed by atoms with E-state index in [1.807, 2.05) is 12.1 Å². The maximum atomic E-state index is 5.84. The molecule has 0 radical (unpaired) electrons. The van der Waals surface area contributed by atoms with Gasteiger partial charge in [0.05, 0.1) is 0 Å². The van der Waals surface area contributed by atoms with Gasteiger partial charge in [0.2, 0.25) is 0 Å². The molecule has 0 aliphatic carbocycles. The van der Waals surface area contributed by atoms with Gasteiger partial charge in [-0.25, -0.2) is 0 Å². The first-order valence-corrected chi connectivity index (χ1v) is 7.80. The molecule has 104 valence electrons. The third kappa shape index (κ3) is 3.18. The zero-order valence-corrected chi connectivity index (χ0v) is 12.5. The largest absolute Gasteiger partial charge is 0.326 e.